The standard InChI is InChI=1S/C25H23N3O5S/c1-30-19-9-6-17(7-10-19)15-26-27-25-28(16-20-5-4-12-33-20)24(29)23(34-25)14-18-8-11-21(31-2)22(13-18)32-3/h4-15H,16H2,1-3H3/b23-14-,26-15-,27-25+. The van der Waals surface area contributed by atoms with Gasteiger partial charge in [0.25, 0.3) is 5.91 Å². The highest BCUT2D eigenvalue weighted by atomic mass is 32.2. The van der Waals surface area contributed by atoms with Gasteiger partial charge >= 0.3 is 0 Å². The molecule has 2 aromatic carbocycles. The molecule has 0 unspecified atom stereocenters. The molecule has 0 saturated carbocycles. The number of carbonyl (C=O) groups is 1. The fourth-order valence-electron chi connectivity index (χ4n) is 3.21. The molecule has 3 aromatic rings. The molecular weight excluding hydrogens is 454 g/mol. The lowest BCUT2D eigenvalue weighted by Crippen LogP contribution is -2.28. The highest BCUT2D eigenvalue weighted by Gasteiger charge is 2.34. The quantitative estimate of drug-likeness (QED) is 0.263. The van der Waals surface area contributed by atoms with E-state index in [0.717, 1.165) is 16.9 Å². The minimum absolute atomic E-state index is 0.186. The molecule has 34 heavy (non-hydrogen) atoms. The molecule has 0 aliphatic carbocycles. The summed E-state index contributed by atoms with van der Waals surface area (Å²) in [6.45, 7) is 0.249. The first-order chi connectivity index (χ1) is 16.6. The number of benzene rings is 2. The Balaban J connectivity index is 1.61. The van der Waals surface area contributed by atoms with Crippen LogP contribution in [0.25, 0.3) is 6.08 Å². The van der Waals surface area contributed by atoms with Crippen LogP contribution < -0.4 is 14.2 Å². The zero-order chi connectivity index (χ0) is 23.9. The van der Waals surface area contributed by atoms with Crippen LogP contribution >= 0.6 is 11.8 Å². The van der Waals surface area contributed by atoms with Crippen LogP contribution in [0.5, 0.6) is 17.2 Å². The van der Waals surface area contributed by atoms with E-state index < -0.39 is 0 Å². The number of hydrogen-bond acceptors (Lipinski definition) is 8. The number of rotatable bonds is 8. The predicted octanol–water partition coefficient (Wildman–Crippen LogP) is 4.81. The first-order valence-corrected chi connectivity index (χ1v) is 11.1. The van der Waals surface area contributed by atoms with E-state index in [0.29, 0.717) is 27.3 Å². The molecule has 0 bridgehead atoms. The Hall–Kier alpha value is -3.98. The monoisotopic (exact) mass is 477 g/mol. The first kappa shape index (κ1) is 23.2. The number of methoxy groups -OCH3 is 3. The van der Waals surface area contributed by atoms with Gasteiger partial charge in [0.05, 0.1) is 45.3 Å². The van der Waals surface area contributed by atoms with E-state index in [2.05, 4.69) is 10.2 Å². The second-order valence-corrected chi connectivity index (χ2v) is 8.11. The third kappa shape index (κ3) is 5.32. The van der Waals surface area contributed by atoms with Gasteiger partial charge in [-0.2, -0.15) is 5.10 Å². The van der Waals surface area contributed by atoms with Gasteiger partial charge in [-0.3, -0.25) is 9.69 Å². The first-order valence-electron chi connectivity index (χ1n) is 10.3. The van der Waals surface area contributed by atoms with Crippen molar-refractivity contribution < 1.29 is 23.4 Å². The molecule has 0 atom stereocenters. The summed E-state index contributed by atoms with van der Waals surface area (Å²) in [5.74, 6) is 2.42. The summed E-state index contributed by atoms with van der Waals surface area (Å²) in [5.41, 5.74) is 1.66. The largest absolute Gasteiger partial charge is 0.497 e. The van der Waals surface area contributed by atoms with Gasteiger partial charge in [0.1, 0.15) is 11.5 Å². The average Bonchev–Trinajstić information content (AvgIpc) is 3.48. The summed E-state index contributed by atoms with van der Waals surface area (Å²) in [7, 11) is 4.76. The number of hydrogen-bond donors (Lipinski definition) is 0. The molecule has 0 radical (unpaired) electrons. The minimum atomic E-state index is -0.186. The number of thioether (sulfide) groups is 1. The molecule has 4 rings (SSSR count). The van der Waals surface area contributed by atoms with Crippen molar-refractivity contribution in [3.8, 4) is 17.2 Å². The number of carbonyl (C=O) groups excluding carboxylic acids is 1. The molecule has 1 aliphatic rings. The average molecular weight is 478 g/mol. The summed E-state index contributed by atoms with van der Waals surface area (Å²) < 4.78 is 21.3. The Kier molecular flexibility index (Phi) is 7.34. The lowest BCUT2D eigenvalue weighted by atomic mass is 10.2. The highest BCUT2D eigenvalue weighted by molar-refractivity contribution is 8.18. The zero-order valence-electron chi connectivity index (χ0n) is 18.9. The molecule has 2 heterocycles. The van der Waals surface area contributed by atoms with E-state index in [9.17, 15) is 4.79 Å². The number of furan rings is 1. The van der Waals surface area contributed by atoms with Gasteiger partial charge in [-0.05, 0) is 77.5 Å². The SMILES string of the molecule is COc1ccc(/C=N\N=C2\S/C(=C\c3ccc(OC)c(OC)c3)C(=O)N2Cc2ccco2)cc1. The van der Waals surface area contributed by atoms with Crippen LogP contribution in [0.15, 0.2) is 80.4 Å². The summed E-state index contributed by atoms with van der Waals surface area (Å²) in [6, 6.07) is 16.5. The van der Waals surface area contributed by atoms with Gasteiger partial charge in [0.2, 0.25) is 0 Å². The predicted molar refractivity (Wildman–Crippen MR) is 132 cm³/mol. The fourth-order valence-corrected chi connectivity index (χ4v) is 4.14. The van der Waals surface area contributed by atoms with Crippen molar-refractivity contribution in [2.75, 3.05) is 21.3 Å². The maximum atomic E-state index is 13.2. The third-order valence-corrected chi connectivity index (χ3v) is 5.95. The Labute approximate surface area is 201 Å². The van der Waals surface area contributed by atoms with E-state index in [1.807, 2.05) is 42.5 Å². The summed E-state index contributed by atoms with van der Waals surface area (Å²) in [5, 5.41) is 8.98. The Morgan fingerprint density at radius 1 is 0.971 bits per heavy atom. The minimum Gasteiger partial charge on any atom is -0.497 e. The Morgan fingerprint density at radius 2 is 1.74 bits per heavy atom. The van der Waals surface area contributed by atoms with Crippen molar-refractivity contribution in [3.63, 3.8) is 0 Å². The smallest absolute Gasteiger partial charge is 0.267 e. The van der Waals surface area contributed by atoms with Crippen molar-refractivity contribution in [1.29, 1.82) is 0 Å². The third-order valence-electron chi connectivity index (χ3n) is 4.95. The maximum absolute atomic E-state index is 13.2. The summed E-state index contributed by atoms with van der Waals surface area (Å²) in [6.07, 6.45) is 4.99. The van der Waals surface area contributed by atoms with Crippen molar-refractivity contribution in [1.82, 2.24) is 4.90 Å². The van der Waals surface area contributed by atoms with E-state index in [4.69, 9.17) is 18.6 Å². The molecule has 1 fully saturated rings. The normalized spacial score (nSPS) is 16.1. The van der Waals surface area contributed by atoms with Crippen LogP contribution in [0.3, 0.4) is 0 Å². The van der Waals surface area contributed by atoms with Crippen molar-refractivity contribution in [2.45, 2.75) is 6.54 Å². The fraction of sp³-hybridized carbons (Fsp3) is 0.160. The summed E-state index contributed by atoms with van der Waals surface area (Å²) in [4.78, 5) is 15.3. The van der Waals surface area contributed by atoms with Crippen LogP contribution in [0.4, 0.5) is 0 Å². The Morgan fingerprint density at radius 3 is 2.41 bits per heavy atom. The second-order valence-electron chi connectivity index (χ2n) is 7.10. The Bertz CT molecular complexity index is 1230. The van der Waals surface area contributed by atoms with Gasteiger partial charge in [-0.15, -0.1) is 5.10 Å². The topological polar surface area (TPSA) is 85.9 Å². The molecule has 0 N–H and O–H groups in total. The van der Waals surface area contributed by atoms with Crippen LogP contribution in [-0.2, 0) is 11.3 Å². The molecule has 0 spiro atoms. The molecule has 1 aliphatic heterocycles. The van der Waals surface area contributed by atoms with Gasteiger partial charge in [0.15, 0.2) is 16.7 Å². The highest BCUT2D eigenvalue weighted by Crippen LogP contribution is 2.35. The van der Waals surface area contributed by atoms with Crippen LogP contribution in [-0.4, -0.2) is 43.5 Å². The molecular formula is C25H23N3O5S. The molecule has 9 heteroatoms. The van der Waals surface area contributed by atoms with E-state index in [1.165, 1.54) is 11.8 Å². The van der Waals surface area contributed by atoms with Gasteiger partial charge in [-0.1, -0.05) is 6.07 Å². The van der Waals surface area contributed by atoms with E-state index in [1.54, 1.807) is 56.9 Å². The molecule has 1 aromatic heterocycles. The number of amides is 1. The van der Waals surface area contributed by atoms with Gasteiger partial charge in [0, 0.05) is 0 Å². The lowest BCUT2D eigenvalue weighted by molar-refractivity contribution is -0.122. The summed E-state index contributed by atoms with van der Waals surface area (Å²) >= 11 is 1.25. The number of amidine groups is 1. The van der Waals surface area contributed by atoms with Crippen molar-refractivity contribution >= 4 is 35.1 Å². The molecule has 174 valence electrons. The van der Waals surface area contributed by atoms with Crippen LogP contribution in [0.2, 0.25) is 0 Å². The van der Waals surface area contributed by atoms with Crippen molar-refractivity contribution in [2.24, 2.45) is 10.2 Å². The van der Waals surface area contributed by atoms with Crippen LogP contribution in [0, 0.1) is 0 Å². The number of nitrogens with zero attached hydrogens (tertiary/aromatic N) is 3. The second kappa shape index (κ2) is 10.8. The van der Waals surface area contributed by atoms with Crippen LogP contribution in [0.1, 0.15) is 16.9 Å². The van der Waals surface area contributed by atoms with Gasteiger partial charge < -0.3 is 18.6 Å². The van der Waals surface area contributed by atoms with E-state index >= 15 is 0 Å². The molecule has 1 amide bonds. The lowest BCUT2D eigenvalue weighted by Gasteiger charge is -2.12. The zero-order valence-corrected chi connectivity index (χ0v) is 19.7. The van der Waals surface area contributed by atoms with Gasteiger partial charge in [-0.25, -0.2) is 0 Å². The maximum Gasteiger partial charge on any atom is 0.267 e. The number of ether oxygens (including phenoxy) is 3. The molecule has 8 nitrogen and oxygen atoms in total. The van der Waals surface area contributed by atoms with E-state index in [-0.39, 0.29) is 12.5 Å². The molecule has 1 saturated heterocycles. The van der Waals surface area contributed by atoms with Crippen molar-refractivity contribution in [3.05, 3.63) is 82.7 Å².